The predicted molar refractivity (Wildman–Crippen MR) is 89.0 cm³/mol. The van der Waals surface area contributed by atoms with Crippen LogP contribution in [-0.4, -0.2) is 40.3 Å². The lowest BCUT2D eigenvalue weighted by Gasteiger charge is -2.09. The summed E-state index contributed by atoms with van der Waals surface area (Å²) in [6.45, 7) is 1.97. The summed E-state index contributed by atoms with van der Waals surface area (Å²) in [6.07, 6.45) is 7.34. The molecule has 1 aromatic carbocycles. The number of phenols is 2. The standard InChI is InChI=1S/C18H22O6/c1-2-24-17(23)11-13-10-14(20)12-16(22)18(13)15(21)8-6-4-3-5-7-9-19/h3-4,6,8,10,12,19-20,22H,2,5,7,9,11H2,1H3/b4-3+,8-6+. The molecule has 24 heavy (non-hydrogen) atoms. The van der Waals surface area contributed by atoms with E-state index in [-0.39, 0.29) is 36.5 Å². The normalized spacial score (nSPS) is 11.2. The predicted octanol–water partition coefficient (Wildman–Crippen LogP) is 2.27. The second-order valence-corrected chi connectivity index (χ2v) is 5.00. The molecule has 0 saturated heterocycles. The van der Waals surface area contributed by atoms with Gasteiger partial charge >= 0.3 is 5.97 Å². The Kier molecular flexibility index (Phi) is 8.29. The van der Waals surface area contributed by atoms with Gasteiger partial charge in [0, 0.05) is 12.7 Å². The van der Waals surface area contributed by atoms with E-state index in [9.17, 15) is 19.8 Å². The molecule has 130 valence electrons. The first-order valence-electron chi connectivity index (χ1n) is 7.68. The van der Waals surface area contributed by atoms with E-state index in [0.29, 0.717) is 12.8 Å². The Labute approximate surface area is 140 Å². The summed E-state index contributed by atoms with van der Waals surface area (Å²) in [5.41, 5.74) is 0.158. The van der Waals surface area contributed by atoms with Crippen molar-refractivity contribution in [2.24, 2.45) is 0 Å². The van der Waals surface area contributed by atoms with Gasteiger partial charge in [-0.3, -0.25) is 9.59 Å². The lowest BCUT2D eigenvalue weighted by molar-refractivity contribution is -0.142. The van der Waals surface area contributed by atoms with Crippen LogP contribution in [0.2, 0.25) is 0 Å². The van der Waals surface area contributed by atoms with Crippen molar-refractivity contribution in [1.82, 2.24) is 0 Å². The molecule has 0 aromatic heterocycles. The number of aliphatic hydroxyl groups is 1. The highest BCUT2D eigenvalue weighted by Crippen LogP contribution is 2.28. The smallest absolute Gasteiger partial charge is 0.310 e. The molecular weight excluding hydrogens is 312 g/mol. The van der Waals surface area contributed by atoms with Gasteiger partial charge in [-0.2, -0.15) is 0 Å². The number of aliphatic hydroxyl groups excluding tert-OH is 1. The number of rotatable bonds is 9. The van der Waals surface area contributed by atoms with Crippen LogP contribution < -0.4 is 0 Å². The zero-order chi connectivity index (χ0) is 17.9. The Morgan fingerprint density at radius 1 is 1.21 bits per heavy atom. The minimum atomic E-state index is -0.551. The molecule has 0 radical (unpaired) electrons. The van der Waals surface area contributed by atoms with Gasteiger partial charge in [0.15, 0.2) is 5.78 Å². The number of esters is 1. The van der Waals surface area contributed by atoms with Crippen LogP contribution in [-0.2, 0) is 16.0 Å². The van der Waals surface area contributed by atoms with E-state index >= 15 is 0 Å². The summed E-state index contributed by atoms with van der Waals surface area (Å²) < 4.78 is 4.83. The number of phenolic OH excluding ortho intramolecular Hbond substituents is 2. The summed E-state index contributed by atoms with van der Waals surface area (Å²) in [5, 5.41) is 28.2. The summed E-state index contributed by atoms with van der Waals surface area (Å²) in [5.74, 6) is -1.67. The molecule has 0 bridgehead atoms. The van der Waals surface area contributed by atoms with Gasteiger partial charge in [0.1, 0.15) is 11.5 Å². The van der Waals surface area contributed by atoms with Gasteiger partial charge < -0.3 is 20.1 Å². The molecule has 6 nitrogen and oxygen atoms in total. The minimum Gasteiger partial charge on any atom is -0.508 e. The number of carbonyl (C=O) groups is 2. The van der Waals surface area contributed by atoms with E-state index in [1.807, 2.05) is 0 Å². The maximum absolute atomic E-state index is 12.3. The quantitative estimate of drug-likeness (QED) is 0.210. The first-order chi connectivity index (χ1) is 11.5. The fourth-order valence-electron chi connectivity index (χ4n) is 2.07. The molecule has 0 aliphatic rings. The van der Waals surface area contributed by atoms with Gasteiger partial charge in [-0.25, -0.2) is 0 Å². The highest BCUT2D eigenvalue weighted by atomic mass is 16.5. The van der Waals surface area contributed by atoms with Crippen molar-refractivity contribution < 1.29 is 29.6 Å². The zero-order valence-electron chi connectivity index (χ0n) is 13.6. The molecule has 1 aromatic rings. The van der Waals surface area contributed by atoms with Gasteiger partial charge in [-0.1, -0.05) is 18.2 Å². The fraction of sp³-hybridized carbons (Fsp3) is 0.333. The maximum Gasteiger partial charge on any atom is 0.310 e. The number of allylic oxidation sites excluding steroid dienone is 4. The summed E-state index contributed by atoms with van der Waals surface area (Å²) in [4.78, 5) is 23.9. The SMILES string of the molecule is CCOC(=O)Cc1cc(O)cc(O)c1C(=O)/C=C/C=C/CCCO. The van der Waals surface area contributed by atoms with Crippen LogP contribution in [0.25, 0.3) is 0 Å². The molecule has 0 aliphatic carbocycles. The van der Waals surface area contributed by atoms with Crippen LogP contribution in [0.15, 0.2) is 36.4 Å². The lowest BCUT2D eigenvalue weighted by Crippen LogP contribution is -2.11. The van der Waals surface area contributed by atoms with Crippen LogP contribution in [0.3, 0.4) is 0 Å². The molecule has 6 heteroatoms. The third-order valence-electron chi connectivity index (χ3n) is 3.09. The second-order valence-electron chi connectivity index (χ2n) is 5.00. The van der Waals surface area contributed by atoms with Crippen molar-refractivity contribution >= 4 is 11.8 Å². The Morgan fingerprint density at radius 3 is 2.62 bits per heavy atom. The van der Waals surface area contributed by atoms with Gasteiger partial charge in [0.25, 0.3) is 0 Å². The summed E-state index contributed by atoms with van der Waals surface area (Å²) in [7, 11) is 0. The molecule has 0 atom stereocenters. The van der Waals surface area contributed by atoms with Crippen molar-refractivity contribution in [3.63, 3.8) is 0 Å². The van der Waals surface area contributed by atoms with Crippen LogP contribution >= 0.6 is 0 Å². The Balaban J connectivity index is 2.95. The van der Waals surface area contributed by atoms with Crippen molar-refractivity contribution in [2.45, 2.75) is 26.2 Å². The second kappa shape index (κ2) is 10.2. The number of carbonyl (C=O) groups excluding carboxylic acids is 2. The van der Waals surface area contributed by atoms with Crippen LogP contribution in [0.5, 0.6) is 11.5 Å². The molecule has 0 aliphatic heterocycles. The number of ketones is 1. The number of ether oxygens (including phenoxy) is 1. The Morgan fingerprint density at radius 2 is 1.96 bits per heavy atom. The topological polar surface area (TPSA) is 104 Å². The van der Waals surface area contributed by atoms with Gasteiger partial charge in [0.05, 0.1) is 18.6 Å². The average molecular weight is 334 g/mol. The molecule has 0 fully saturated rings. The highest BCUT2D eigenvalue weighted by molar-refractivity contribution is 6.08. The number of hydrogen-bond acceptors (Lipinski definition) is 6. The van der Waals surface area contributed by atoms with Crippen LogP contribution in [0.1, 0.15) is 35.7 Å². The molecule has 0 spiro atoms. The van der Waals surface area contributed by atoms with E-state index in [1.165, 1.54) is 18.2 Å². The largest absolute Gasteiger partial charge is 0.508 e. The van der Waals surface area contributed by atoms with E-state index in [0.717, 1.165) is 6.07 Å². The molecule has 0 unspecified atom stereocenters. The maximum atomic E-state index is 12.3. The highest BCUT2D eigenvalue weighted by Gasteiger charge is 2.18. The van der Waals surface area contributed by atoms with E-state index in [2.05, 4.69) is 0 Å². The van der Waals surface area contributed by atoms with Crippen LogP contribution in [0, 0.1) is 0 Å². The minimum absolute atomic E-state index is 0.0409. The summed E-state index contributed by atoms with van der Waals surface area (Å²) in [6, 6.07) is 2.31. The first kappa shape index (κ1) is 19.4. The summed E-state index contributed by atoms with van der Waals surface area (Å²) >= 11 is 0. The van der Waals surface area contributed by atoms with Crippen molar-refractivity contribution in [3.05, 3.63) is 47.6 Å². The molecule has 0 amide bonds. The van der Waals surface area contributed by atoms with Crippen LogP contribution in [0.4, 0.5) is 0 Å². The molecule has 1 rings (SSSR count). The molecule has 3 N–H and O–H groups in total. The van der Waals surface area contributed by atoms with Gasteiger partial charge in [-0.05, 0) is 37.5 Å². The Hall–Kier alpha value is -2.60. The lowest BCUT2D eigenvalue weighted by atomic mass is 9.99. The first-order valence-corrected chi connectivity index (χ1v) is 7.68. The van der Waals surface area contributed by atoms with E-state index in [4.69, 9.17) is 9.84 Å². The monoisotopic (exact) mass is 334 g/mol. The Bertz CT molecular complexity index is 631. The molecular formula is C18H22O6. The number of benzene rings is 1. The van der Waals surface area contributed by atoms with Gasteiger partial charge in [-0.15, -0.1) is 0 Å². The van der Waals surface area contributed by atoms with Crippen molar-refractivity contribution in [3.8, 4) is 11.5 Å². The number of aromatic hydroxyl groups is 2. The van der Waals surface area contributed by atoms with E-state index < -0.39 is 17.5 Å². The number of hydrogen-bond donors (Lipinski definition) is 3. The van der Waals surface area contributed by atoms with Gasteiger partial charge in [0.2, 0.25) is 0 Å². The third-order valence-corrected chi connectivity index (χ3v) is 3.09. The fourth-order valence-corrected chi connectivity index (χ4v) is 2.07. The molecule has 0 saturated carbocycles. The van der Waals surface area contributed by atoms with Crippen molar-refractivity contribution in [1.29, 1.82) is 0 Å². The number of unbranched alkanes of at least 4 members (excludes halogenated alkanes) is 1. The van der Waals surface area contributed by atoms with E-state index in [1.54, 1.807) is 19.1 Å². The third kappa shape index (κ3) is 6.26. The van der Waals surface area contributed by atoms with Crippen molar-refractivity contribution in [2.75, 3.05) is 13.2 Å². The zero-order valence-corrected chi connectivity index (χ0v) is 13.6. The average Bonchev–Trinajstić information content (AvgIpc) is 2.50. The molecule has 0 heterocycles.